The van der Waals surface area contributed by atoms with Crippen molar-refractivity contribution in [2.45, 2.75) is 76.6 Å². The van der Waals surface area contributed by atoms with Crippen molar-refractivity contribution in [2.75, 3.05) is 13.1 Å². The molecule has 0 aromatic rings. The fourth-order valence-electron chi connectivity index (χ4n) is 3.45. The smallest absolute Gasteiger partial charge is 0.403 e. The zero-order valence-electron chi connectivity index (χ0n) is 17.2. The largest absolute Gasteiger partial charge is 0.457 e. The number of rotatable bonds is 7. The van der Waals surface area contributed by atoms with E-state index in [0.717, 1.165) is 0 Å². The molecule has 2 fully saturated rings. The van der Waals surface area contributed by atoms with E-state index < -0.39 is 34.7 Å². The van der Waals surface area contributed by atoms with Crippen LogP contribution in [0.2, 0.25) is 6.32 Å². The van der Waals surface area contributed by atoms with E-state index in [1.54, 1.807) is 0 Å². The van der Waals surface area contributed by atoms with Gasteiger partial charge in [-0.05, 0) is 65.4 Å². The van der Waals surface area contributed by atoms with Gasteiger partial charge in [-0.3, -0.25) is 4.79 Å². The van der Waals surface area contributed by atoms with Crippen LogP contribution in [0.5, 0.6) is 0 Å². The lowest BCUT2D eigenvalue weighted by atomic mass is 9.78. The Labute approximate surface area is 165 Å². The highest BCUT2D eigenvalue weighted by atomic mass is 16.7. The van der Waals surface area contributed by atoms with Crippen molar-refractivity contribution in [3.8, 4) is 0 Å². The molecule has 2 rings (SSSR count). The van der Waals surface area contributed by atoms with E-state index in [1.165, 1.54) is 6.92 Å². The molecule has 10 nitrogen and oxygen atoms in total. The van der Waals surface area contributed by atoms with Crippen LogP contribution in [0.25, 0.3) is 10.4 Å². The third-order valence-electron chi connectivity index (χ3n) is 5.90. The molecular weight excluding hydrogens is 365 g/mol. The second-order valence-corrected chi connectivity index (χ2v) is 8.56. The van der Waals surface area contributed by atoms with Crippen molar-refractivity contribution in [3.05, 3.63) is 10.4 Å². The van der Waals surface area contributed by atoms with Gasteiger partial charge in [-0.15, -0.1) is 0 Å². The predicted molar refractivity (Wildman–Crippen MR) is 103 cm³/mol. The van der Waals surface area contributed by atoms with E-state index >= 15 is 0 Å². The summed E-state index contributed by atoms with van der Waals surface area (Å²) in [6.07, 6.45) is 1.92. The number of nitrogens with zero attached hydrogens (tertiary/aromatic N) is 3. The van der Waals surface area contributed by atoms with Gasteiger partial charge in [0.25, 0.3) is 0 Å². The van der Waals surface area contributed by atoms with Gasteiger partial charge in [0.2, 0.25) is 0 Å². The Balaban J connectivity index is 2.00. The first-order valence-electron chi connectivity index (χ1n) is 9.59. The molecule has 0 spiro atoms. The lowest BCUT2D eigenvalue weighted by Crippen LogP contribution is -2.47. The molecule has 0 aromatic heterocycles. The number of carbonyl (C=O) groups is 2. The maximum absolute atomic E-state index is 12.6. The van der Waals surface area contributed by atoms with Crippen molar-refractivity contribution in [2.24, 2.45) is 16.8 Å². The second kappa shape index (κ2) is 8.38. The van der Waals surface area contributed by atoms with Crippen molar-refractivity contribution in [3.63, 3.8) is 0 Å². The molecule has 0 unspecified atom stereocenters. The highest BCUT2D eigenvalue weighted by Crippen LogP contribution is 2.39. The molecule has 0 radical (unpaired) electrons. The van der Waals surface area contributed by atoms with Crippen LogP contribution in [0.4, 0.5) is 0 Å². The Kier molecular flexibility index (Phi) is 6.78. The molecule has 2 saturated heterocycles. The van der Waals surface area contributed by atoms with E-state index in [4.69, 9.17) is 25.3 Å². The quantitative estimate of drug-likeness (QED) is 0.166. The number of hydrogen-bond donors (Lipinski definition) is 2. The van der Waals surface area contributed by atoms with Crippen LogP contribution in [0.1, 0.15) is 47.5 Å². The molecule has 3 atom stereocenters. The Morgan fingerprint density at radius 2 is 1.96 bits per heavy atom. The van der Waals surface area contributed by atoms with Gasteiger partial charge in [-0.25, -0.2) is 4.79 Å². The zero-order valence-corrected chi connectivity index (χ0v) is 17.2. The van der Waals surface area contributed by atoms with E-state index in [9.17, 15) is 9.59 Å². The van der Waals surface area contributed by atoms with Crippen LogP contribution in [0.15, 0.2) is 5.11 Å². The monoisotopic (exact) mass is 395 g/mol. The number of carbonyl (C=O) groups excluding carboxylic acids is 2. The van der Waals surface area contributed by atoms with Crippen LogP contribution >= 0.6 is 0 Å². The van der Waals surface area contributed by atoms with Crippen LogP contribution in [0.3, 0.4) is 0 Å². The first-order chi connectivity index (χ1) is 12.9. The van der Waals surface area contributed by atoms with E-state index in [1.807, 2.05) is 27.7 Å². The average molecular weight is 395 g/mol. The van der Waals surface area contributed by atoms with Gasteiger partial charge in [0, 0.05) is 11.5 Å². The molecule has 156 valence electrons. The predicted octanol–water partition coefficient (Wildman–Crippen LogP) is 1.54. The van der Waals surface area contributed by atoms with Gasteiger partial charge < -0.3 is 25.1 Å². The molecule has 3 N–H and O–H groups in total. The van der Waals surface area contributed by atoms with E-state index in [2.05, 4.69) is 15.3 Å². The van der Waals surface area contributed by atoms with E-state index in [-0.39, 0.29) is 19.6 Å². The van der Waals surface area contributed by atoms with Crippen LogP contribution < -0.4 is 11.1 Å². The molecule has 11 heteroatoms. The second-order valence-electron chi connectivity index (χ2n) is 8.56. The lowest BCUT2D eigenvalue weighted by Gasteiger charge is -2.32. The third-order valence-corrected chi connectivity index (χ3v) is 5.90. The maximum atomic E-state index is 12.6. The first-order valence-corrected chi connectivity index (χ1v) is 9.59. The molecule has 0 aromatic carbocycles. The fraction of sp³-hybridized carbons (Fsp3) is 0.882. The number of azide groups is 1. The minimum atomic E-state index is -1.46. The van der Waals surface area contributed by atoms with Crippen molar-refractivity contribution in [1.29, 1.82) is 0 Å². The van der Waals surface area contributed by atoms with Gasteiger partial charge in [-0.2, -0.15) is 0 Å². The summed E-state index contributed by atoms with van der Waals surface area (Å²) < 4.78 is 16.8. The number of ether oxygens (including phenoxy) is 1. The normalized spacial score (nSPS) is 29.2. The molecule has 2 heterocycles. The molecule has 0 aliphatic carbocycles. The van der Waals surface area contributed by atoms with Crippen molar-refractivity contribution < 1.29 is 23.6 Å². The minimum Gasteiger partial charge on any atom is -0.403 e. The number of esters is 2. The summed E-state index contributed by atoms with van der Waals surface area (Å²) in [6, 6.07) is -0.941. The Bertz CT molecular complexity index is 648. The zero-order chi connectivity index (χ0) is 21.2. The maximum Gasteiger partial charge on any atom is 0.457 e. The summed E-state index contributed by atoms with van der Waals surface area (Å²) in [4.78, 5) is 27.2. The molecule has 0 bridgehead atoms. The van der Waals surface area contributed by atoms with Gasteiger partial charge in [0.15, 0.2) is 5.54 Å². The Hall–Kier alpha value is -1.65. The Morgan fingerprint density at radius 3 is 2.50 bits per heavy atom. The first kappa shape index (κ1) is 22.6. The number of nitrogens with two attached hydrogens (primary N) is 1. The molecular formula is C17H30BN5O5. The topological polar surface area (TPSA) is 149 Å². The summed E-state index contributed by atoms with van der Waals surface area (Å²) in [6.45, 7) is 9.98. The highest BCUT2D eigenvalue weighted by Gasteiger charge is 2.52. The summed E-state index contributed by atoms with van der Waals surface area (Å²) >= 11 is 0. The Morgan fingerprint density at radius 1 is 1.36 bits per heavy atom. The molecule has 0 amide bonds. The molecule has 2 aliphatic rings. The third kappa shape index (κ3) is 4.50. The van der Waals surface area contributed by atoms with Crippen molar-refractivity contribution in [1.82, 2.24) is 5.32 Å². The van der Waals surface area contributed by atoms with Gasteiger partial charge in [0.05, 0.1) is 11.2 Å². The summed E-state index contributed by atoms with van der Waals surface area (Å²) in [5, 5.41) is 6.80. The summed E-state index contributed by atoms with van der Waals surface area (Å²) in [5.74, 6) is -2.02. The number of hydrogen-bond acceptors (Lipinski definition) is 8. The average Bonchev–Trinajstić information content (AvgIpc) is 3.06. The van der Waals surface area contributed by atoms with Crippen molar-refractivity contribution >= 4 is 19.1 Å². The molecule has 0 saturated carbocycles. The fourth-order valence-corrected chi connectivity index (χ4v) is 3.45. The van der Waals surface area contributed by atoms with Crippen LogP contribution in [-0.4, -0.2) is 54.9 Å². The highest BCUT2D eigenvalue weighted by molar-refractivity contribution is 6.45. The molecule has 28 heavy (non-hydrogen) atoms. The summed E-state index contributed by atoms with van der Waals surface area (Å²) in [7, 11) is -0.333. The summed E-state index contributed by atoms with van der Waals surface area (Å²) in [5.41, 5.74) is 12.2. The SMILES string of the molecule is C[C@H](N)C(=O)OC(=O)[C@@]1(N=[N+]=[N-])CNC[C@@H]1CCCB1OC(C)(C)C(C)(C)O1. The molecule has 2 aliphatic heterocycles. The van der Waals surface area contributed by atoms with E-state index in [0.29, 0.717) is 25.7 Å². The minimum absolute atomic E-state index is 0.114. The lowest BCUT2D eigenvalue weighted by molar-refractivity contribution is -0.164. The number of nitrogens with one attached hydrogen (secondary N) is 1. The van der Waals surface area contributed by atoms with Gasteiger partial charge in [0.1, 0.15) is 6.04 Å². The van der Waals surface area contributed by atoms with Crippen LogP contribution in [-0.2, 0) is 23.6 Å². The standard InChI is InChI=1S/C17H30BN5O5/c1-11(19)13(24)26-14(25)17(22-23-20)10-21-9-12(17)7-6-8-18-27-15(2,3)16(4,5)28-18/h11-12,21H,6-10,19H2,1-5H3/t11-,12-,17+/m0/s1. The van der Waals surface area contributed by atoms with Gasteiger partial charge in [-0.1, -0.05) is 11.5 Å². The van der Waals surface area contributed by atoms with Gasteiger partial charge >= 0.3 is 19.1 Å². The van der Waals surface area contributed by atoms with Crippen LogP contribution in [0, 0.1) is 5.92 Å².